The largest absolute Gasteiger partial charge is 0.478 e. The Bertz CT molecular complexity index is 711. The van der Waals surface area contributed by atoms with E-state index in [1.54, 1.807) is 12.1 Å². The minimum atomic E-state index is -4.83. The molecular formula is C14H14F3N3O3. The van der Waals surface area contributed by atoms with E-state index in [0.717, 1.165) is 10.9 Å². The van der Waals surface area contributed by atoms with Gasteiger partial charge < -0.3 is 9.84 Å². The first-order chi connectivity index (χ1) is 10.7. The SMILES string of the molecule is CC(C)Oc1cc(Cn2cc(C(=O)O)c(C(F)(F)F)n2)ccn1. The second-order valence-electron chi connectivity index (χ2n) is 5.06. The lowest BCUT2D eigenvalue weighted by Gasteiger charge is -2.09. The molecule has 2 heterocycles. The summed E-state index contributed by atoms with van der Waals surface area (Å²) in [6.07, 6.45) is -2.62. The fourth-order valence-electron chi connectivity index (χ4n) is 1.91. The maximum Gasteiger partial charge on any atom is 0.436 e. The van der Waals surface area contributed by atoms with Crippen LogP contribution in [-0.2, 0) is 12.7 Å². The van der Waals surface area contributed by atoms with Crippen LogP contribution in [0.2, 0.25) is 0 Å². The van der Waals surface area contributed by atoms with Gasteiger partial charge in [0.1, 0.15) is 5.56 Å². The fourth-order valence-corrected chi connectivity index (χ4v) is 1.91. The lowest BCUT2D eigenvalue weighted by Crippen LogP contribution is -2.12. The van der Waals surface area contributed by atoms with Crippen molar-refractivity contribution in [3.63, 3.8) is 0 Å². The van der Waals surface area contributed by atoms with Crippen LogP contribution in [0.4, 0.5) is 13.2 Å². The van der Waals surface area contributed by atoms with Gasteiger partial charge in [-0.3, -0.25) is 4.68 Å². The van der Waals surface area contributed by atoms with Crippen molar-refractivity contribution in [3.8, 4) is 5.88 Å². The number of hydrogen-bond acceptors (Lipinski definition) is 4. The van der Waals surface area contributed by atoms with Crippen LogP contribution >= 0.6 is 0 Å². The molecule has 0 bridgehead atoms. The summed E-state index contributed by atoms with van der Waals surface area (Å²) in [7, 11) is 0. The van der Waals surface area contributed by atoms with Gasteiger partial charge in [0, 0.05) is 18.5 Å². The molecule has 0 spiro atoms. The molecule has 0 unspecified atom stereocenters. The molecular weight excluding hydrogens is 315 g/mol. The number of carboxylic acids is 1. The Kier molecular flexibility index (Phi) is 4.57. The Balaban J connectivity index is 2.29. The summed E-state index contributed by atoms with van der Waals surface area (Å²) in [6.45, 7) is 3.60. The Morgan fingerprint density at radius 1 is 1.43 bits per heavy atom. The van der Waals surface area contributed by atoms with Gasteiger partial charge in [-0.15, -0.1) is 0 Å². The van der Waals surface area contributed by atoms with Crippen LogP contribution in [0, 0.1) is 0 Å². The van der Waals surface area contributed by atoms with Crippen molar-refractivity contribution in [1.29, 1.82) is 0 Å². The number of hydrogen-bond donors (Lipinski definition) is 1. The van der Waals surface area contributed by atoms with Gasteiger partial charge in [0.15, 0.2) is 5.69 Å². The molecule has 0 fully saturated rings. The number of carboxylic acid groups (broad SMARTS) is 1. The maximum absolute atomic E-state index is 12.8. The highest BCUT2D eigenvalue weighted by Gasteiger charge is 2.39. The van der Waals surface area contributed by atoms with Crippen LogP contribution in [0.1, 0.15) is 35.5 Å². The van der Waals surface area contributed by atoms with Gasteiger partial charge in [0.2, 0.25) is 5.88 Å². The van der Waals surface area contributed by atoms with Crippen LogP contribution in [-0.4, -0.2) is 31.9 Å². The smallest absolute Gasteiger partial charge is 0.436 e. The number of ether oxygens (including phenoxy) is 1. The predicted molar refractivity (Wildman–Crippen MR) is 73.3 cm³/mol. The minimum Gasteiger partial charge on any atom is -0.478 e. The van der Waals surface area contributed by atoms with Crippen LogP contribution in [0.15, 0.2) is 24.5 Å². The van der Waals surface area contributed by atoms with Crippen LogP contribution in [0.3, 0.4) is 0 Å². The number of pyridine rings is 1. The monoisotopic (exact) mass is 329 g/mol. The van der Waals surface area contributed by atoms with Crippen LogP contribution in [0.5, 0.6) is 5.88 Å². The van der Waals surface area contributed by atoms with E-state index in [0.29, 0.717) is 11.4 Å². The lowest BCUT2D eigenvalue weighted by molar-refractivity contribution is -0.142. The van der Waals surface area contributed by atoms with E-state index in [1.165, 1.54) is 6.20 Å². The standard InChI is InChI=1S/C14H14F3N3O3/c1-8(2)23-11-5-9(3-4-18-11)6-20-7-10(13(21)22)12(19-20)14(15,16)17/h3-5,7-8H,6H2,1-2H3,(H,21,22). The zero-order valence-corrected chi connectivity index (χ0v) is 12.3. The highest BCUT2D eigenvalue weighted by atomic mass is 19.4. The van der Waals surface area contributed by atoms with Crippen molar-refractivity contribution < 1.29 is 27.8 Å². The summed E-state index contributed by atoms with van der Waals surface area (Å²) in [5.41, 5.74) is -1.72. The first kappa shape index (κ1) is 16.8. The average molecular weight is 329 g/mol. The van der Waals surface area contributed by atoms with Gasteiger partial charge in [-0.2, -0.15) is 18.3 Å². The molecule has 0 aromatic carbocycles. The molecule has 0 saturated heterocycles. The zero-order valence-electron chi connectivity index (χ0n) is 12.3. The summed E-state index contributed by atoms with van der Waals surface area (Å²) in [5, 5.41) is 12.2. The molecule has 0 aliphatic carbocycles. The lowest BCUT2D eigenvalue weighted by atomic mass is 10.2. The Morgan fingerprint density at radius 3 is 2.65 bits per heavy atom. The first-order valence-corrected chi connectivity index (χ1v) is 6.66. The van der Waals surface area contributed by atoms with Crippen molar-refractivity contribution in [2.24, 2.45) is 0 Å². The van der Waals surface area contributed by atoms with E-state index in [1.807, 2.05) is 13.8 Å². The maximum atomic E-state index is 12.8. The zero-order chi connectivity index (χ0) is 17.2. The van der Waals surface area contributed by atoms with Crippen molar-refractivity contribution in [1.82, 2.24) is 14.8 Å². The average Bonchev–Trinajstić information content (AvgIpc) is 2.82. The molecule has 2 rings (SSSR count). The highest BCUT2D eigenvalue weighted by molar-refractivity contribution is 5.88. The molecule has 0 atom stereocenters. The second-order valence-corrected chi connectivity index (χ2v) is 5.06. The second kappa shape index (κ2) is 6.27. The molecule has 2 aromatic rings. The van der Waals surface area contributed by atoms with Crippen molar-refractivity contribution in [2.75, 3.05) is 0 Å². The Labute approximate surface area is 129 Å². The molecule has 0 aliphatic rings. The fraction of sp³-hybridized carbons (Fsp3) is 0.357. The van der Waals surface area contributed by atoms with Gasteiger partial charge in [-0.1, -0.05) is 0 Å². The van der Waals surface area contributed by atoms with Crippen molar-refractivity contribution in [2.45, 2.75) is 32.7 Å². The highest BCUT2D eigenvalue weighted by Crippen LogP contribution is 2.30. The molecule has 1 N–H and O–H groups in total. The summed E-state index contributed by atoms with van der Waals surface area (Å²) >= 11 is 0. The number of aromatic nitrogens is 3. The molecule has 2 aromatic heterocycles. The van der Waals surface area contributed by atoms with E-state index < -0.39 is 23.4 Å². The first-order valence-electron chi connectivity index (χ1n) is 6.66. The number of aromatic carboxylic acids is 1. The minimum absolute atomic E-state index is 0.0344. The number of rotatable bonds is 5. The topological polar surface area (TPSA) is 77.2 Å². The van der Waals surface area contributed by atoms with Crippen molar-refractivity contribution >= 4 is 5.97 Å². The van der Waals surface area contributed by atoms with E-state index in [4.69, 9.17) is 9.84 Å². The normalized spacial score (nSPS) is 11.7. The predicted octanol–water partition coefficient (Wildman–Crippen LogP) is 2.83. The van der Waals surface area contributed by atoms with Gasteiger partial charge >= 0.3 is 12.1 Å². The molecule has 9 heteroatoms. The van der Waals surface area contributed by atoms with Crippen LogP contribution < -0.4 is 4.74 Å². The Hall–Kier alpha value is -2.58. The Morgan fingerprint density at radius 2 is 2.13 bits per heavy atom. The van der Waals surface area contributed by atoms with Gasteiger partial charge in [0.05, 0.1) is 12.6 Å². The molecule has 0 aliphatic heterocycles. The van der Waals surface area contributed by atoms with Gasteiger partial charge in [0.25, 0.3) is 0 Å². The molecule has 0 radical (unpaired) electrons. The molecule has 0 saturated carbocycles. The number of carbonyl (C=O) groups is 1. The van der Waals surface area contributed by atoms with E-state index >= 15 is 0 Å². The summed E-state index contributed by atoms with van der Waals surface area (Å²) in [4.78, 5) is 14.9. The van der Waals surface area contributed by atoms with Gasteiger partial charge in [-0.25, -0.2) is 9.78 Å². The number of nitrogens with zero attached hydrogens (tertiary/aromatic N) is 3. The number of halogens is 3. The molecule has 124 valence electrons. The molecule has 6 nitrogen and oxygen atoms in total. The summed E-state index contributed by atoms with van der Waals surface area (Å²) < 4.78 is 44.7. The number of alkyl halides is 3. The third kappa shape index (κ3) is 4.21. The van der Waals surface area contributed by atoms with Crippen molar-refractivity contribution in [3.05, 3.63) is 41.3 Å². The van der Waals surface area contributed by atoms with E-state index in [-0.39, 0.29) is 12.6 Å². The molecule has 23 heavy (non-hydrogen) atoms. The summed E-state index contributed by atoms with van der Waals surface area (Å²) in [6, 6.07) is 3.15. The molecule has 0 amide bonds. The van der Waals surface area contributed by atoms with E-state index in [9.17, 15) is 18.0 Å². The van der Waals surface area contributed by atoms with Gasteiger partial charge in [-0.05, 0) is 25.5 Å². The summed E-state index contributed by atoms with van der Waals surface area (Å²) in [5.74, 6) is -1.35. The third-order valence-electron chi connectivity index (χ3n) is 2.76. The quantitative estimate of drug-likeness (QED) is 0.913. The third-order valence-corrected chi connectivity index (χ3v) is 2.76. The van der Waals surface area contributed by atoms with E-state index in [2.05, 4.69) is 10.1 Å². The van der Waals surface area contributed by atoms with Crippen LogP contribution in [0.25, 0.3) is 0 Å².